The molecule has 0 saturated carbocycles. The fraction of sp³-hybridized carbons (Fsp3) is 0.545. The molecule has 1 N–H and O–H groups in total. The monoisotopic (exact) mass is 445 g/mol. The summed E-state index contributed by atoms with van der Waals surface area (Å²) in [6, 6.07) is 1.52. The molecule has 0 amide bonds. The molecule has 1 aliphatic heterocycles. The van der Waals surface area contributed by atoms with Crippen LogP contribution >= 0.6 is 43.2 Å². The van der Waals surface area contributed by atoms with Crippen LogP contribution in [0, 0.1) is 0 Å². The third-order valence-electron chi connectivity index (χ3n) is 3.12. The average molecular weight is 447 g/mol. The van der Waals surface area contributed by atoms with Gasteiger partial charge < -0.3 is 5.11 Å². The summed E-state index contributed by atoms with van der Waals surface area (Å²) < 4.78 is 25.3. The Morgan fingerprint density at radius 1 is 1.50 bits per heavy atom. The third kappa shape index (κ3) is 4.27. The number of aliphatic carboxylic acids is 1. The van der Waals surface area contributed by atoms with Crippen molar-refractivity contribution < 1.29 is 18.3 Å². The fourth-order valence-corrected chi connectivity index (χ4v) is 5.98. The van der Waals surface area contributed by atoms with Crippen molar-refractivity contribution in [3.05, 3.63) is 19.2 Å². The minimum Gasteiger partial charge on any atom is -0.481 e. The van der Waals surface area contributed by atoms with E-state index < -0.39 is 21.8 Å². The lowest BCUT2D eigenvalue weighted by Gasteiger charge is -2.34. The highest BCUT2D eigenvalue weighted by molar-refractivity contribution is 9.13. The van der Waals surface area contributed by atoms with Gasteiger partial charge >= 0.3 is 5.97 Å². The molecule has 5 nitrogen and oxygen atoms in total. The van der Waals surface area contributed by atoms with E-state index in [-0.39, 0.29) is 17.9 Å². The normalized spacial score (nSPS) is 22.8. The Morgan fingerprint density at radius 3 is 2.75 bits per heavy atom. The number of nitrogens with zero attached hydrogens (tertiary/aromatic N) is 1. The summed E-state index contributed by atoms with van der Waals surface area (Å²) >= 11 is 8.39. The van der Waals surface area contributed by atoms with Crippen molar-refractivity contribution in [3.8, 4) is 0 Å². The molecular formula is C11H13Br2NO4S2. The first kappa shape index (κ1) is 16.4. The van der Waals surface area contributed by atoms with Gasteiger partial charge in [0.15, 0.2) is 9.84 Å². The lowest BCUT2D eigenvalue weighted by atomic mass is 10.2. The van der Waals surface area contributed by atoms with Crippen molar-refractivity contribution in [1.82, 2.24) is 4.90 Å². The van der Waals surface area contributed by atoms with Crippen LogP contribution in [-0.4, -0.2) is 48.5 Å². The van der Waals surface area contributed by atoms with E-state index in [0.717, 1.165) is 13.1 Å². The number of hydrogen-bond acceptors (Lipinski definition) is 5. The van der Waals surface area contributed by atoms with E-state index in [2.05, 4.69) is 31.9 Å². The predicted octanol–water partition coefficient (Wildman–Crippen LogP) is 2.35. The van der Waals surface area contributed by atoms with Gasteiger partial charge in [-0.15, -0.1) is 11.3 Å². The topological polar surface area (TPSA) is 74.7 Å². The van der Waals surface area contributed by atoms with Crippen LogP contribution in [0.4, 0.5) is 0 Å². The van der Waals surface area contributed by atoms with Gasteiger partial charge in [0, 0.05) is 28.5 Å². The number of carboxylic acid groups (broad SMARTS) is 1. The second kappa shape index (κ2) is 6.43. The van der Waals surface area contributed by atoms with Crippen molar-refractivity contribution in [3.63, 3.8) is 0 Å². The molecule has 0 bridgehead atoms. The molecule has 1 atom stereocenters. The lowest BCUT2D eigenvalue weighted by Crippen LogP contribution is -2.48. The Hall–Kier alpha value is 0.0400. The molecule has 1 aromatic rings. The first-order valence-corrected chi connectivity index (χ1v) is 10.1. The van der Waals surface area contributed by atoms with Gasteiger partial charge in [0.1, 0.15) is 0 Å². The number of rotatable bonds is 4. The van der Waals surface area contributed by atoms with Crippen LogP contribution in [0.1, 0.15) is 11.3 Å². The van der Waals surface area contributed by atoms with Gasteiger partial charge in [0.05, 0.1) is 21.7 Å². The van der Waals surface area contributed by atoms with Crippen molar-refractivity contribution in [1.29, 1.82) is 0 Å². The zero-order chi connectivity index (χ0) is 14.9. The Labute approximate surface area is 138 Å². The molecule has 1 aromatic heterocycles. The number of carboxylic acids is 1. The SMILES string of the molecule is O=C(O)CC1CS(=O)(=O)CCN1Cc1cc(Br)c(Br)s1. The van der Waals surface area contributed by atoms with Crippen molar-refractivity contribution in [2.75, 3.05) is 18.1 Å². The summed E-state index contributed by atoms with van der Waals surface area (Å²) in [6.07, 6.45) is -0.146. The van der Waals surface area contributed by atoms with Crippen LogP contribution in [0.2, 0.25) is 0 Å². The van der Waals surface area contributed by atoms with Crippen LogP contribution in [-0.2, 0) is 21.2 Å². The van der Waals surface area contributed by atoms with E-state index in [1.165, 1.54) is 0 Å². The Balaban J connectivity index is 2.13. The Bertz CT molecular complexity index is 594. The summed E-state index contributed by atoms with van der Waals surface area (Å²) in [5, 5.41) is 8.93. The molecule has 1 unspecified atom stereocenters. The number of carbonyl (C=O) groups is 1. The van der Waals surface area contributed by atoms with Crippen molar-refractivity contribution in [2.45, 2.75) is 19.0 Å². The maximum absolute atomic E-state index is 11.7. The van der Waals surface area contributed by atoms with Gasteiger partial charge in [-0.05, 0) is 37.9 Å². The van der Waals surface area contributed by atoms with E-state index in [4.69, 9.17) is 5.11 Å². The highest BCUT2D eigenvalue weighted by Crippen LogP contribution is 2.33. The van der Waals surface area contributed by atoms with Gasteiger partial charge in [0.25, 0.3) is 0 Å². The molecule has 1 saturated heterocycles. The number of halogens is 2. The molecule has 0 aliphatic carbocycles. The number of sulfone groups is 1. The van der Waals surface area contributed by atoms with Gasteiger partial charge in [0.2, 0.25) is 0 Å². The smallest absolute Gasteiger partial charge is 0.304 e. The van der Waals surface area contributed by atoms with E-state index in [9.17, 15) is 13.2 Å². The summed E-state index contributed by atoms with van der Waals surface area (Å²) in [5.41, 5.74) is 0. The molecule has 0 spiro atoms. The Kier molecular flexibility index (Phi) is 5.28. The van der Waals surface area contributed by atoms with Crippen LogP contribution in [0.3, 0.4) is 0 Å². The molecule has 20 heavy (non-hydrogen) atoms. The zero-order valence-electron chi connectivity index (χ0n) is 10.4. The van der Waals surface area contributed by atoms with Crippen LogP contribution in [0.25, 0.3) is 0 Å². The number of hydrogen-bond donors (Lipinski definition) is 1. The maximum atomic E-state index is 11.7. The summed E-state index contributed by atoms with van der Waals surface area (Å²) in [4.78, 5) is 13.9. The third-order valence-corrected chi connectivity index (χ3v) is 8.06. The first-order valence-electron chi connectivity index (χ1n) is 5.87. The lowest BCUT2D eigenvalue weighted by molar-refractivity contribution is -0.138. The van der Waals surface area contributed by atoms with Crippen LogP contribution in [0.5, 0.6) is 0 Å². The minimum atomic E-state index is -3.13. The molecule has 0 aromatic carbocycles. The van der Waals surface area contributed by atoms with Crippen molar-refractivity contribution >= 4 is 59.0 Å². The fourth-order valence-electron chi connectivity index (χ4n) is 2.19. The molecule has 1 aliphatic rings. The second-order valence-corrected chi connectivity index (χ2v) is 10.2. The highest BCUT2D eigenvalue weighted by Gasteiger charge is 2.32. The summed E-state index contributed by atoms with van der Waals surface area (Å²) in [5.74, 6) is -0.949. The molecule has 0 radical (unpaired) electrons. The molecule has 2 rings (SSSR count). The maximum Gasteiger partial charge on any atom is 0.304 e. The quantitative estimate of drug-likeness (QED) is 0.768. The summed E-state index contributed by atoms with van der Waals surface area (Å²) in [6.45, 7) is 0.954. The molecule has 2 heterocycles. The zero-order valence-corrected chi connectivity index (χ0v) is 15.2. The second-order valence-electron chi connectivity index (χ2n) is 4.67. The van der Waals surface area contributed by atoms with E-state index in [1.54, 1.807) is 11.3 Å². The van der Waals surface area contributed by atoms with Gasteiger partial charge in [-0.3, -0.25) is 9.69 Å². The first-order chi connectivity index (χ1) is 9.27. The predicted molar refractivity (Wildman–Crippen MR) is 84.8 cm³/mol. The van der Waals surface area contributed by atoms with E-state index in [0.29, 0.717) is 13.1 Å². The molecular weight excluding hydrogens is 434 g/mol. The molecule has 1 fully saturated rings. The largest absolute Gasteiger partial charge is 0.481 e. The van der Waals surface area contributed by atoms with Crippen LogP contribution in [0.15, 0.2) is 14.3 Å². The van der Waals surface area contributed by atoms with E-state index >= 15 is 0 Å². The highest BCUT2D eigenvalue weighted by atomic mass is 79.9. The molecule has 112 valence electrons. The standard InChI is InChI=1S/C11H13Br2NO4S2/c12-9-4-8(19-11(9)13)5-14-1-2-20(17,18)6-7(14)3-10(15)16/h4,7H,1-3,5-6H2,(H,15,16). The van der Waals surface area contributed by atoms with Gasteiger partial charge in [-0.1, -0.05) is 0 Å². The molecule has 9 heteroatoms. The summed E-state index contributed by atoms with van der Waals surface area (Å²) in [7, 11) is -3.13. The Morgan fingerprint density at radius 2 is 2.20 bits per heavy atom. The van der Waals surface area contributed by atoms with Gasteiger partial charge in [-0.25, -0.2) is 8.42 Å². The number of thiophene rings is 1. The minimum absolute atomic E-state index is 0.0764. The van der Waals surface area contributed by atoms with E-state index in [1.807, 2.05) is 11.0 Å². The van der Waals surface area contributed by atoms with Crippen LogP contribution < -0.4 is 0 Å². The van der Waals surface area contributed by atoms with Crippen molar-refractivity contribution in [2.24, 2.45) is 0 Å². The van der Waals surface area contributed by atoms with Gasteiger partial charge in [-0.2, -0.15) is 0 Å². The average Bonchev–Trinajstić information content (AvgIpc) is 2.61.